The molecular weight excluding hydrogens is 316 g/mol. The van der Waals surface area contributed by atoms with Gasteiger partial charge in [0.2, 0.25) is 5.91 Å². The lowest BCUT2D eigenvalue weighted by Crippen LogP contribution is -2.38. The molecule has 1 aromatic heterocycles. The summed E-state index contributed by atoms with van der Waals surface area (Å²) in [5, 5.41) is 3.30. The van der Waals surface area contributed by atoms with Crippen LogP contribution in [0.3, 0.4) is 0 Å². The van der Waals surface area contributed by atoms with Gasteiger partial charge in [-0.2, -0.15) is 0 Å². The summed E-state index contributed by atoms with van der Waals surface area (Å²) in [4.78, 5) is 33.7. The molecule has 120 valence electrons. The van der Waals surface area contributed by atoms with Crippen LogP contribution in [0.1, 0.15) is 23.0 Å². The van der Waals surface area contributed by atoms with Crippen molar-refractivity contribution in [3.63, 3.8) is 0 Å². The van der Waals surface area contributed by atoms with Crippen LogP contribution in [0.4, 0.5) is 5.69 Å². The van der Waals surface area contributed by atoms with E-state index in [0.29, 0.717) is 17.3 Å². The van der Waals surface area contributed by atoms with Gasteiger partial charge in [-0.25, -0.2) is 4.98 Å². The SMILES string of the molecule is CCN(CC(=O)Nc1cc(Cl)ccc1C)C(=O)c1cnccn1. The van der Waals surface area contributed by atoms with Crippen LogP contribution >= 0.6 is 11.6 Å². The quantitative estimate of drug-likeness (QED) is 0.913. The smallest absolute Gasteiger partial charge is 0.274 e. The van der Waals surface area contributed by atoms with E-state index in [4.69, 9.17) is 11.6 Å². The van der Waals surface area contributed by atoms with Gasteiger partial charge in [-0.1, -0.05) is 17.7 Å². The predicted molar refractivity (Wildman–Crippen MR) is 88.4 cm³/mol. The van der Waals surface area contributed by atoms with Gasteiger partial charge in [-0.15, -0.1) is 0 Å². The van der Waals surface area contributed by atoms with E-state index in [1.807, 2.05) is 13.0 Å². The van der Waals surface area contributed by atoms with Gasteiger partial charge in [0, 0.05) is 29.6 Å². The minimum Gasteiger partial charge on any atom is -0.328 e. The number of rotatable bonds is 5. The Bertz CT molecular complexity index is 706. The number of likely N-dealkylation sites (N-methyl/N-ethyl adjacent to an activating group) is 1. The Kier molecular flexibility index (Phi) is 5.65. The number of halogens is 1. The van der Waals surface area contributed by atoms with Crippen molar-refractivity contribution in [1.29, 1.82) is 0 Å². The Morgan fingerprint density at radius 3 is 2.74 bits per heavy atom. The van der Waals surface area contributed by atoms with Gasteiger partial charge in [0.05, 0.1) is 6.20 Å². The van der Waals surface area contributed by atoms with E-state index in [2.05, 4.69) is 15.3 Å². The third-order valence-electron chi connectivity index (χ3n) is 3.26. The average molecular weight is 333 g/mol. The highest BCUT2D eigenvalue weighted by atomic mass is 35.5. The third-order valence-corrected chi connectivity index (χ3v) is 3.49. The summed E-state index contributed by atoms with van der Waals surface area (Å²) < 4.78 is 0. The minimum atomic E-state index is -0.335. The molecule has 1 heterocycles. The molecule has 2 aromatic rings. The molecule has 0 saturated carbocycles. The van der Waals surface area contributed by atoms with E-state index in [1.165, 1.54) is 23.5 Å². The molecule has 0 spiro atoms. The van der Waals surface area contributed by atoms with E-state index in [1.54, 1.807) is 19.1 Å². The third kappa shape index (κ3) is 4.50. The molecule has 0 radical (unpaired) electrons. The highest BCUT2D eigenvalue weighted by Gasteiger charge is 2.19. The molecular formula is C16H17ClN4O2. The Morgan fingerprint density at radius 1 is 1.30 bits per heavy atom. The second-order valence-corrected chi connectivity index (χ2v) is 5.35. The number of nitrogens with one attached hydrogen (secondary N) is 1. The molecule has 0 saturated heterocycles. The summed E-state index contributed by atoms with van der Waals surface area (Å²) in [6.45, 7) is 3.98. The van der Waals surface area contributed by atoms with Crippen LogP contribution in [0.5, 0.6) is 0 Å². The fourth-order valence-corrected chi connectivity index (χ4v) is 2.16. The molecule has 0 bridgehead atoms. The molecule has 2 rings (SSSR count). The van der Waals surface area contributed by atoms with Gasteiger partial charge in [0.1, 0.15) is 12.2 Å². The first-order valence-corrected chi connectivity index (χ1v) is 7.50. The molecule has 7 heteroatoms. The number of hydrogen-bond acceptors (Lipinski definition) is 4. The molecule has 0 fully saturated rings. The largest absolute Gasteiger partial charge is 0.328 e. The van der Waals surface area contributed by atoms with E-state index in [-0.39, 0.29) is 24.1 Å². The lowest BCUT2D eigenvalue weighted by molar-refractivity contribution is -0.116. The maximum absolute atomic E-state index is 12.3. The first kappa shape index (κ1) is 16.9. The van der Waals surface area contributed by atoms with Crippen LogP contribution in [-0.2, 0) is 4.79 Å². The van der Waals surface area contributed by atoms with Crippen molar-refractivity contribution in [3.8, 4) is 0 Å². The number of amides is 2. The zero-order chi connectivity index (χ0) is 16.8. The number of benzene rings is 1. The number of anilines is 1. The van der Waals surface area contributed by atoms with Crippen molar-refractivity contribution in [2.24, 2.45) is 0 Å². The van der Waals surface area contributed by atoms with Crippen LogP contribution in [0.15, 0.2) is 36.8 Å². The van der Waals surface area contributed by atoms with E-state index < -0.39 is 0 Å². The Labute approximate surface area is 139 Å². The Morgan fingerprint density at radius 2 is 2.09 bits per heavy atom. The maximum Gasteiger partial charge on any atom is 0.274 e. The molecule has 0 atom stereocenters. The van der Waals surface area contributed by atoms with Crippen molar-refractivity contribution in [2.45, 2.75) is 13.8 Å². The van der Waals surface area contributed by atoms with E-state index in [0.717, 1.165) is 5.56 Å². The highest BCUT2D eigenvalue weighted by Crippen LogP contribution is 2.20. The second kappa shape index (κ2) is 7.69. The van der Waals surface area contributed by atoms with Crippen molar-refractivity contribution < 1.29 is 9.59 Å². The van der Waals surface area contributed by atoms with Crippen LogP contribution in [-0.4, -0.2) is 39.8 Å². The zero-order valence-corrected chi connectivity index (χ0v) is 13.7. The molecule has 23 heavy (non-hydrogen) atoms. The summed E-state index contributed by atoms with van der Waals surface area (Å²) >= 11 is 5.93. The Balaban J connectivity index is 2.05. The number of carbonyl (C=O) groups is 2. The summed E-state index contributed by atoms with van der Waals surface area (Å²) in [7, 11) is 0. The number of hydrogen-bond donors (Lipinski definition) is 1. The fraction of sp³-hybridized carbons (Fsp3) is 0.250. The lowest BCUT2D eigenvalue weighted by Gasteiger charge is -2.20. The number of aromatic nitrogens is 2. The van der Waals surface area contributed by atoms with E-state index >= 15 is 0 Å². The molecule has 1 N–H and O–H groups in total. The summed E-state index contributed by atoms with van der Waals surface area (Å²) in [5.74, 6) is -0.631. The first-order chi connectivity index (χ1) is 11.0. The number of nitrogens with zero attached hydrogens (tertiary/aromatic N) is 3. The molecule has 2 amide bonds. The fourth-order valence-electron chi connectivity index (χ4n) is 1.99. The number of aryl methyl sites for hydroxylation is 1. The van der Waals surface area contributed by atoms with Gasteiger partial charge < -0.3 is 10.2 Å². The molecule has 0 unspecified atom stereocenters. The first-order valence-electron chi connectivity index (χ1n) is 7.12. The molecule has 1 aromatic carbocycles. The van der Waals surface area contributed by atoms with Crippen molar-refractivity contribution in [2.75, 3.05) is 18.4 Å². The van der Waals surface area contributed by atoms with Gasteiger partial charge in [0.15, 0.2) is 0 Å². The monoisotopic (exact) mass is 332 g/mol. The predicted octanol–water partition coefficient (Wildman–Crippen LogP) is 2.54. The Hall–Kier alpha value is -2.47. The molecule has 0 aliphatic heterocycles. The van der Waals surface area contributed by atoms with Gasteiger partial charge in [-0.3, -0.25) is 14.6 Å². The standard InChI is InChI=1S/C16H17ClN4O2/c1-3-21(16(23)14-9-18-6-7-19-14)10-15(22)20-13-8-12(17)5-4-11(13)2/h4-9H,3,10H2,1-2H3,(H,20,22). The summed E-state index contributed by atoms with van der Waals surface area (Å²) in [5.41, 5.74) is 1.73. The van der Waals surface area contributed by atoms with Crippen molar-refractivity contribution in [1.82, 2.24) is 14.9 Å². The topological polar surface area (TPSA) is 75.2 Å². The second-order valence-electron chi connectivity index (χ2n) is 4.92. The van der Waals surface area contributed by atoms with E-state index in [9.17, 15) is 9.59 Å². The van der Waals surface area contributed by atoms with Gasteiger partial charge >= 0.3 is 0 Å². The number of carbonyl (C=O) groups excluding carboxylic acids is 2. The van der Waals surface area contributed by atoms with Gasteiger partial charge in [-0.05, 0) is 31.5 Å². The van der Waals surface area contributed by atoms with Crippen LogP contribution in [0.25, 0.3) is 0 Å². The van der Waals surface area contributed by atoms with Crippen LogP contribution in [0.2, 0.25) is 5.02 Å². The van der Waals surface area contributed by atoms with Crippen LogP contribution in [0, 0.1) is 6.92 Å². The minimum absolute atomic E-state index is 0.0716. The van der Waals surface area contributed by atoms with Crippen LogP contribution < -0.4 is 5.32 Å². The van der Waals surface area contributed by atoms with Crippen molar-refractivity contribution in [3.05, 3.63) is 53.1 Å². The maximum atomic E-state index is 12.3. The summed E-state index contributed by atoms with van der Waals surface area (Å²) in [6, 6.07) is 5.25. The van der Waals surface area contributed by atoms with Crippen molar-refractivity contribution >= 4 is 29.1 Å². The summed E-state index contributed by atoms with van der Waals surface area (Å²) in [6.07, 6.45) is 4.31. The average Bonchev–Trinajstić information content (AvgIpc) is 2.56. The molecule has 0 aliphatic carbocycles. The zero-order valence-electron chi connectivity index (χ0n) is 12.9. The normalized spacial score (nSPS) is 10.2. The molecule has 0 aliphatic rings. The molecule has 6 nitrogen and oxygen atoms in total. The lowest BCUT2D eigenvalue weighted by atomic mass is 10.2. The highest BCUT2D eigenvalue weighted by molar-refractivity contribution is 6.31. The van der Waals surface area contributed by atoms with Gasteiger partial charge in [0.25, 0.3) is 5.91 Å².